The van der Waals surface area contributed by atoms with Crippen molar-refractivity contribution in [1.82, 2.24) is 0 Å². The maximum absolute atomic E-state index is 13.0. The van der Waals surface area contributed by atoms with Crippen LogP contribution in [0.5, 0.6) is 0 Å². The highest BCUT2D eigenvalue weighted by Gasteiger charge is 2.67. The van der Waals surface area contributed by atoms with Crippen LogP contribution in [0.25, 0.3) is 0 Å². The first-order chi connectivity index (χ1) is 11.5. The van der Waals surface area contributed by atoms with Crippen molar-refractivity contribution in [2.45, 2.75) is 6.42 Å². The molecule has 24 heavy (non-hydrogen) atoms. The lowest BCUT2D eigenvalue weighted by molar-refractivity contribution is -0.384. The number of benzene rings is 1. The Morgan fingerprint density at radius 1 is 1.08 bits per heavy atom. The molecule has 0 radical (unpaired) electrons. The molecule has 1 aromatic carbocycles. The summed E-state index contributed by atoms with van der Waals surface area (Å²) >= 11 is 6.15. The van der Waals surface area contributed by atoms with Crippen LogP contribution >= 0.6 is 11.6 Å². The molecular formula is C17H13ClN2O4. The van der Waals surface area contributed by atoms with Crippen molar-refractivity contribution in [3.8, 4) is 0 Å². The molecule has 2 amide bonds. The van der Waals surface area contributed by atoms with Crippen LogP contribution in [-0.4, -0.2) is 16.7 Å². The molecular weight excluding hydrogens is 332 g/mol. The zero-order valence-electron chi connectivity index (χ0n) is 12.5. The molecule has 0 aromatic heterocycles. The number of non-ortho nitro benzene ring substituents is 1. The number of nitro benzene ring substituents is 1. The lowest BCUT2D eigenvalue weighted by Crippen LogP contribution is -2.40. The number of carbonyl (C=O) groups excluding carboxylic acids is 2. The second-order valence-electron chi connectivity index (χ2n) is 7.06. The number of anilines is 1. The second kappa shape index (κ2) is 4.45. The normalized spacial score (nSPS) is 38.3. The summed E-state index contributed by atoms with van der Waals surface area (Å²) in [6, 6.07) is 3.85. The van der Waals surface area contributed by atoms with Crippen molar-refractivity contribution < 1.29 is 14.5 Å². The van der Waals surface area contributed by atoms with Gasteiger partial charge in [0.2, 0.25) is 11.8 Å². The van der Waals surface area contributed by atoms with Gasteiger partial charge in [-0.25, -0.2) is 4.90 Å². The Morgan fingerprint density at radius 3 is 2.21 bits per heavy atom. The first kappa shape index (κ1) is 14.2. The maximum atomic E-state index is 13.0. The molecule has 1 saturated heterocycles. The number of imide groups is 1. The molecule has 2 bridgehead atoms. The third kappa shape index (κ3) is 1.61. The lowest BCUT2D eigenvalue weighted by Gasteiger charge is -2.37. The highest BCUT2D eigenvalue weighted by atomic mass is 35.5. The Bertz CT molecular complexity index is 815. The first-order valence-electron chi connectivity index (χ1n) is 7.99. The molecule has 3 fully saturated rings. The molecule has 6 atom stereocenters. The number of carbonyl (C=O) groups is 2. The van der Waals surface area contributed by atoms with Crippen molar-refractivity contribution >= 4 is 34.8 Å². The quantitative estimate of drug-likeness (QED) is 0.357. The minimum absolute atomic E-state index is 0.115. The number of allylic oxidation sites excluding steroid dienone is 2. The van der Waals surface area contributed by atoms with Crippen LogP contribution in [0.4, 0.5) is 11.4 Å². The summed E-state index contributed by atoms with van der Waals surface area (Å²) < 4.78 is 0. The van der Waals surface area contributed by atoms with Crippen molar-refractivity contribution in [3.63, 3.8) is 0 Å². The van der Waals surface area contributed by atoms with Crippen LogP contribution in [0.3, 0.4) is 0 Å². The zero-order valence-corrected chi connectivity index (χ0v) is 13.2. The Labute approximate surface area is 142 Å². The molecule has 0 N–H and O–H groups in total. The molecule has 5 aliphatic rings. The molecule has 1 aliphatic heterocycles. The molecule has 6 nitrogen and oxygen atoms in total. The summed E-state index contributed by atoms with van der Waals surface area (Å²) in [5.74, 6) is 0.0391. The third-order valence-corrected chi connectivity index (χ3v) is 6.36. The highest BCUT2D eigenvalue weighted by Crippen LogP contribution is 2.65. The van der Waals surface area contributed by atoms with Gasteiger partial charge in [-0.15, -0.1) is 0 Å². The van der Waals surface area contributed by atoms with Gasteiger partial charge >= 0.3 is 0 Å². The monoisotopic (exact) mass is 344 g/mol. The van der Waals surface area contributed by atoms with E-state index in [9.17, 15) is 19.7 Å². The van der Waals surface area contributed by atoms with Gasteiger partial charge in [-0.2, -0.15) is 0 Å². The van der Waals surface area contributed by atoms with Gasteiger partial charge in [0.05, 0.1) is 27.5 Å². The maximum Gasteiger partial charge on any atom is 0.271 e. The summed E-state index contributed by atoms with van der Waals surface area (Å²) in [5, 5.41) is 11.2. The molecule has 0 unspecified atom stereocenters. The molecule has 122 valence electrons. The number of hydrogen-bond acceptors (Lipinski definition) is 4. The van der Waals surface area contributed by atoms with E-state index in [4.69, 9.17) is 11.6 Å². The summed E-state index contributed by atoms with van der Waals surface area (Å²) in [6.07, 6.45) is 5.26. The fourth-order valence-corrected chi connectivity index (χ4v) is 5.18. The van der Waals surface area contributed by atoms with Gasteiger partial charge in [-0.05, 0) is 36.2 Å². The van der Waals surface area contributed by atoms with Gasteiger partial charge < -0.3 is 0 Å². The van der Waals surface area contributed by atoms with Crippen LogP contribution in [-0.2, 0) is 9.59 Å². The number of rotatable bonds is 2. The first-order valence-corrected chi connectivity index (χ1v) is 8.37. The molecule has 1 heterocycles. The molecule has 4 aliphatic carbocycles. The standard InChI is InChI=1S/C17H13ClN2O4/c18-12-4-1-7(20(23)24)5-13(12)19-16(21)14-8-2-3-9(11-6-10(8)11)15(14)17(19)22/h1-5,8-11,14-15H,6H2/t8-,9+,10-,11+,14+,15-. The fraction of sp³-hybridized carbons (Fsp3) is 0.412. The Balaban J connectivity index is 1.60. The SMILES string of the molecule is O=C1[C@@H]2[C@H]3C=C[C@H]([C@H]4C[C@@H]34)[C@@H]2C(=O)N1c1cc([N+](=O)[O-])ccc1Cl. The second-order valence-corrected chi connectivity index (χ2v) is 7.47. The van der Waals surface area contributed by atoms with Crippen molar-refractivity contribution in [2.24, 2.45) is 35.5 Å². The molecule has 7 heteroatoms. The minimum atomic E-state index is -0.557. The zero-order chi connectivity index (χ0) is 16.7. The van der Waals surface area contributed by atoms with Crippen LogP contribution in [0.2, 0.25) is 5.02 Å². The van der Waals surface area contributed by atoms with Crippen LogP contribution in [0.15, 0.2) is 30.4 Å². The van der Waals surface area contributed by atoms with E-state index in [1.165, 1.54) is 18.2 Å². The van der Waals surface area contributed by atoms with E-state index in [0.717, 1.165) is 11.3 Å². The number of nitrogens with zero attached hydrogens (tertiary/aromatic N) is 2. The lowest BCUT2D eigenvalue weighted by atomic mass is 9.63. The van der Waals surface area contributed by atoms with Crippen molar-refractivity contribution in [1.29, 1.82) is 0 Å². The predicted molar refractivity (Wildman–Crippen MR) is 85.3 cm³/mol. The summed E-state index contributed by atoms with van der Waals surface area (Å²) in [5.41, 5.74) is -0.0582. The van der Waals surface area contributed by atoms with E-state index in [0.29, 0.717) is 11.8 Å². The highest BCUT2D eigenvalue weighted by molar-refractivity contribution is 6.36. The number of amides is 2. The van der Waals surface area contributed by atoms with E-state index < -0.39 is 4.92 Å². The summed E-state index contributed by atoms with van der Waals surface area (Å²) in [4.78, 5) is 37.5. The van der Waals surface area contributed by atoms with Gasteiger partial charge in [-0.1, -0.05) is 23.8 Å². The molecule has 1 aromatic rings. The number of hydrogen-bond donors (Lipinski definition) is 0. The minimum Gasteiger partial charge on any atom is -0.274 e. The van der Waals surface area contributed by atoms with Gasteiger partial charge in [0.1, 0.15) is 0 Å². The van der Waals surface area contributed by atoms with Gasteiger partial charge in [-0.3, -0.25) is 19.7 Å². The Hall–Kier alpha value is -2.21. The largest absolute Gasteiger partial charge is 0.274 e. The molecule has 0 spiro atoms. The average molecular weight is 345 g/mol. The topological polar surface area (TPSA) is 80.5 Å². The predicted octanol–water partition coefficient (Wildman–Crippen LogP) is 2.81. The van der Waals surface area contributed by atoms with Crippen LogP contribution < -0.4 is 4.90 Å². The van der Waals surface area contributed by atoms with E-state index in [-0.39, 0.29) is 51.9 Å². The average Bonchev–Trinajstić information content (AvgIpc) is 3.33. The molecule has 2 saturated carbocycles. The van der Waals surface area contributed by atoms with Crippen LogP contribution in [0.1, 0.15) is 6.42 Å². The van der Waals surface area contributed by atoms with Gasteiger partial charge in [0.25, 0.3) is 5.69 Å². The fourth-order valence-electron chi connectivity index (χ4n) is 4.98. The smallest absolute Gasteiger partial charge is 0.271 e. The van der Waals surface area contributed by atoms with E-state index >= 15 is 0 Å². The third-order valence-electron chi connectivity index (χ3n) is 6.04. The van der Waals surface area contributed by atoms with Gasteiger partial charge in [0, 0.05) is 12.1 Å². The van der Waals surface area contributed by atoms with Gasteiger partial charge in [0.15, 0.2) is 0 Å². The van der Waals surface area contributed by atoms with E-state index in [1.807, 2.05) is 0 Å². The van der Waals surface area contributed by atoms with E-state index in [2.05, 4.69) is 12.2 Å². The Morgan fingerprint density at radius 2 is 1.67 bits per heavy atom. The Kier molecular flexibility index (Phi) is 2.62. The van der Waals surface area contributed by atoms with Crippen LogP contribution in [0, 0.1) is 45.6 Å². The van der Waals surface area contributed by atoms with Crippen molar-refractivity contribution in [3.05, 3.63) is 45.5 Å². The van der Waals surface area contributed by atoms with Crippen molar-refractivity contribution in [2.75, 3.05) is 4.90 Å². The summed E-state index contributed by atoms with van der Waals surface area (Å²) in [6.45, 7) is 0. The number of halogens is 1. The number of nitro groups is 1. The summed E-state index contributed by atoms with van der Waals surface area (Å²) in [7, 11) is 0. The molecule has 6 rings (SSSR count). The van der Waals surface area contributed by atoms with E-state index in [1.54, 1.807) is 0 Å².